The topological polar surface area (TPSA) is 21.7 Å². The predicted octanol–water partition coefficient (Wildman–Crippen LogP) is 6.29. The van der Waals surface area contributed by atoms with Crippen LogP contribution in [0.3, 0.4) is 0 Å². The summed E-state index contributed by atoms with van der Waals surface area (Å²) in [4.78, 5) is 2.61. The van der Waals surface area contributed by atoms with Gasteiger partial charge in [0.25, 0.3) is 0 Å². The third-order valence-electron chi connectivity index (χ3n) is 6.39. The first-order valence-corrected chi connectivity index (χ1v) is 11.5. The van der Waals surface area contributed by atoms with Gasteiger partial charge >= 0.3 is 0 Å². The second-order valence-corrected chi connectivity index (χ2v) is 9.29. The van der Waals surface area contributed by atoms with E-state index < -0.39 is 0 Å². The molecule has 1 aliphatic heterocycles. The SMILES string of the molecule is CCCN(CC[C@H](c1ccccc1)[C@H]1CCOC(C)(C)C1)Cc1ccc(OC)cc1. The van der Waals surface area contributed by atoms with Crippen LogP contribution < -0.4 is 4.74 Å². The summed E-state index contributed by atoms with van der Waals surface area (Å²) in [5.74, 6) is 2.19. The summed E-state index contributed by atoms with van der Waals surface area (Å²) >= 11 is 0. The molecule has 1 heterocycles. The monoisotopic (exact) mass is 409 g/mol. The van der Waals surface area contributed by atoms with Crippen molar-refractivity contribution in [3.05, 3.63) is 65.7 Å². The van der Waals surface area contributed by atoms with Gasteiger partial charge in [-0.1, -0.05) is 49.4 Å². The fraction of sp³-hybridized carbons (Fsp3) is 0.556. The number of ether oxygens (including phenoxy) is 2. The molecule has 1 aliphatic rings. The van der Waals surface area contributed by atoms with Crippen molar-refractivity contribution in [1.29, 1.82) is 0 Å². The Morgan fingerprint density at radius 1 is 1.07 bits per heavy atom. The predicted molar refractivity (Wildman–Crippen MR) is 125 cm³/mol. The van der Waals surface area contributed by atoms with Crippen LogP contribution >= 0.6 is 0 Å². The van der Waals surface area contributed by atoms with Crippen LogP contribution in [0.1, 0.15) is 63.5 Å². The van der Waals surface area contributed by atoms with Crippen LogP contribution in [0.2, 0.25) is 0 Å². The first kappa shape index (κ1) is 22.8. The number of hydrogen-bond donors (Lipinski definition) is 0. The molecule has 3 nitrogen and oxygen atoms in total. The number of hydrogen-bond acceptors (Lipinski definition) is 3. The van der Waals surface area contributed by atoms with Crippen molar-refractivity contribution in [3.8, 4) is 5.75 Å². The average Bonchev–Trinajstić information content (AvgIpc) is 2.74. The van der Waals surface area contributed by atoms with Gasteiger partial charge in [-0.05, 0) is 87.7 Å². The Kier molecular flexibility index (Phi) is 8.35. The highest BCUT2D eigenvalue weighted by Gasteiger charge is 2.34. The molecule has 0 aliphatic carbocycles. The Bertz CT molecular complexity index is 741. The first-order chi connectivity index (χ1) is 14.5. The maximum atomic E-state index is 6.02. The number of benzene rings is 2. The van der Waals surface area contributed by atoms with Crippen molar-refractivity contribution in [1.82, 2.24) is 4.90 Å². The lowest BCUT2D eigenvalue weighted by Crippen LogP contribution is -2.37. The molecule has 0 spiro atoms. The van der Waals surface area contributed by atoms with Gasteiger partial charge in [-0.3, -0.25) is 4.90 Å². The van der Waals surface area contributed by atoms with Crippen molar-refractivity contribution >= 4 is 0 Å². The Morgan fingerprint density at radius 3 is 2.43 bits per heavy atom. The molecule has 0 bridgehead atoms. The van der Waals surface area contributed by atoms with E-state index in [1.54, 1.807) is 7.11 Å². The van der Waals surface area contributed by atoms with E-state index in [2.05, 4.69) is 80.3 Å². The van der Waals surface area contributed by atoms with E-state index in [1.165, 1.54) is 24.0 Å². The molecule has 0 unspecified atom stereocenters. The van der Waals surface area contributed by atoms with Crippen molar-refractivity contribution in [2.45, 2.75) is 64.5 Å². The second-order valence-electron chi connectivity index (χ2n) is 9.29. The molecule has 0 saturated carbocycles. The maximum absolute atomic E-state index is 6.02. The van der Waals surface area contributed by atoms with E-state index in [0.717, 1.165) is 44.8 Å². The number of nitrogens with zero attached hydrogens (tertiary/aromatic N) is 1. The van der Waals surface area contributed by atoms with E-state index in [1.807, 2.05) is 0 Å². The summed E-state index contributed by atoms with van der Waals surface area (Å²) in [6, 6.07) is 19.7. The molecule has 2 aromatic carbocycles. The molecule has 0 aromatic heterocycles. The number of rotatable bonds is 10. The molecule has 0 radical (unpaired) electrons. The molecule has 0 amide bonds. The average molecular weight is 410 g/mol. The molecule has 30 heavy (non-hydrogen) atoms. The summed E-state index contributed by atoms with van der Waals surface area (Å²) < 4.78 is 11.3. The second kappa shape index (κ2) is 11.0. The zero-order valence-electron chi connectivity index (χ0n) is 19.3. The zero-order valence-corrected chi connectivity index (χ0v) is 19.3. The van der Waals surface area contributed by atoms with E-state index >= 15 is 0 Å². The summed E-state index contributed by atoms with van der Waals surface area (Å²) in [6.45, 7) is 10.9. The summed E-state index contributed by atoms with van der Waals surface area (Å²) in [5.41, 5.74) is 2.83. The maximum Gasteiger partial charge on any atom is 0.118 e. The molecule has 0 N–H and O–H groups in total. The molecule has 3 rings (SSSR count). The van der Waals surface area contributed by atoms with Gasteiger partial charge in [0.05, 0.1) is 12.7 Å². The van der Waals surface area contributed by atoms with Gasteiger partial charge in [-0.2, -0.15) is 0 Å². The van der Waals surface area contributed by atoms with Crippen LogP contribution in [-0.2, 0) is 11.3 Å². The molecule has 1 fully saturated rings. The molecular weight excluding hydrogens is 370 g/mol. The van der Waals surface area contributed by atoms with Crippen molar-refractivity contribution in [2.75, 3.05) is 26.8 Å². The van der Waals surface area contributed by atoms with Crippen molar-refractivity contribution < 1.29 is 9.47 Å². The van der Waals surface area contributed by atoms with Gasteiger partial charge in [0.1, 0.15) is 5.75 Å². The van der Waals surface area contributed by atoms with E-state index in [-0.39, 0.29) is 5.60 Å². The highest BCUT2D eigenvalue weighted by atomic mass is 16.5. The van der Waals surface area contributed by atoms with E-state index in [0.29, 0.717) is 11.8 Å². The van der Waals surface area contributed by atoms with Crippen molar-refractivity contribution in [2.24, 2.45) is 5.92 Å². The molecule has 2 atom stereocenters. The Morgan fingerprint density at radius 2 is 1.80 bits per heavy atom. The third-order valence-corrected chi connectivity index (χ3v) is 6.39. The quantitative estimate of drug-likeness (QED) is 0.460. The number of methoxy groups -OCH3 is 1. The third kappa shape index (κ3) is 6.58. The fourth-order valence-corrected chi connectivity index (χ4v) is 4.89. The van der Waals surface area contributed by atoms with Gasteiger partial charge in [-0.25, -0.2) is 0 Å². The zero-order chi connectivity index (χ0) is 21.4. The highest BCUT2D eigenvalue weighted by Crippen LogP contribution is 2.40. The lowest BCUT2D eigenvalue weighted by atomic mass is 9.75. The van der Waals surface area contributed by atoms with E-state index in [4.69, 9.17) is 9.47 Å². The van der Waals surface area contributed by atoms with Gasteiger partial charge in [0.15, 0.2) is 0 Å². The molecule has 2 aromatic rings. The normalized spacial score (nSPS) is 19.6. The van der Waals surface area contributed by atoms with Gasteiger partial charge in [0, 0.05) is 13.2 Å². The lowest BCUT2D eigenvalue weighted by Gasteiger charge is -2.40. The molecule has 1 saturated heterocycles. The largest absolute Gasteiger partial charge is 0.497 e. The van der Waals surface area contributed by atoms with Crippen molar-refractivity contribution in [3.63, 3.8) is 0 Å². The summed E-state index contributed by atoms with van der Waals surface area (Å²) in [7, 11) is 1.72. The first-order valence-electron chi connectivity index (χ1n) is 11.5. The standard InChI is InChI=1S/C27H39NO2/c1-5-17-28(21-22-11-13-25(29-4)14-12-22)18-15-26(23-9-7-6-8-10-23)24-16-19-30-27(2,3)20-24/h6-14,24,26H,5,15-21H2,1-4H3/t24-,26+/m0/s1. The van der Waals surface area contributed by atoms with Crippen LogP contribution in [0.4, 0.5) is 0 Å². The molecule has 164 valence electrons. The van der Waals surface area contributed by atoms with Crippen LogP contribution in [0.25, 0.3) is 0 Å². The van der Waals surface area contributed by atoms with Crippen LogP contribution in [0.5, 0.6) is 5.75 Å². The summed E-state index contributed by atoms with van der Waals surface area (Å²) in [5, 5.41) is 0. The van der Waals surface area contributed by atoms with Gasteiger partial charge < -0.3 is 9.47 Å². The molecular formula is C27H39NO2. The van der Waals surface area contributed by atoms with Crippen LogP contribution in [0.15, 0.2) is 54.6 Å². The fourth-order valence-electron chi connectivity index (χ4n) is 4.89. The smallest absolute Gasteiger partial charge is 0.118 e. The summed E-state index contributed by atoms with van der Waals surface area (Å²) in [6.07, 6.45) is 4.67. The Hall–Kier alpha value is -1.84. The molecule has 3 heteroatoms. The van der Waals surface area contributed by atoms with Crippen LogP contribution in [-0.4, -0.2) is 37.3 Å². The minimum Gasteiger partial charge on any atom is -0.497 e. The van der Waals surface area contributed by atoms with Gasteiger partial charge in [-0.15, -0.1) is 0 Å². The minimum absolute atomic E-state index is 0.0118. The lowest BCUT2D eigenvalue weighted by molar-refractivity contribution is -0.0775. The Labute approximate surface area is 183 Å². The van der Waals surface area contributed by atoms with Gasteiger partial charge in [0.2, 0.25) is 0 Å². The van der Waals surface area contributed by atoms with Crippen LogP contribution in [0, 0.1) is 5.92 Å². The highest BCUT2D eigenvalue weighted by molar-refractivity contribution is 5.27. The van der Waals surface area contributed by atoms with E-state index in [9.17, 15) is 0 Å². The Balaban J connectivity index is 1.70. The minimum atomic E-state index is -0.0118.